The fourth-order valence-corrected chi connectivity index (χ4v) is 1.75. The molecule has 21 heavy (non-hydrogen) atoms. The molecule has 0 aliphatic rings. The fourth-order valence-electron chi connectivity index (χ4n) is 1.75. The molecular weight excluding hydrogens is 270 g/mol. The van der Waals surface area contributed by atoms with E-state index in [-0.39, 0.29) is 0 Å². The molecule has 3 rings (SSSR count). The molecule has 0 spiro atoms. The zero-order valence-electron chi connectivity index (χ0n) is 11.5. The lowest BCUT2D eigenvalue weighted by Crippen LogP contribution is -2.12. The second-order valence-corrected chi connectivity index (χ2v) is 4.20. The monoisotopic (exact) mass is 285 g/mol. The van der Waals surface area contributed by atoms with E-state index in [0.717, 1.165) is 12.3 Å². The van der Waals surface area contributed by atoms with E-state index in [2.05, 4.69) is 30.7 Å². The van der Waals surface area contributed by atoms with Gasteiger partial charge < -0.3 is 15.1 Å². The molecule has 0 aromatic carbocycles. The van der Waals surface area contributed by atoms with Crippen molar-refractivity contribution in [2.24, 2.45) is 0 Å². The van der Waals surface area contributed by atoms with Crippen LogP contribution in [0.25, 0.3) is 5.95 Å². The van der Waals surface area contributed by atoms with Crippen LogP contribution in [0, 0.1) is 0 Å². The summed E-state index contributed by atoms with van der Waals surface area (Å²) in [5.74, 6) is 2.22. The second kappa shape index (κ2) is 6.04. The van der Waals surface area contributed by atoms with Crippen molar-refractivity contribution < 1.29 is 4.42 Å². The maximum Gasteiger partial charge on any atom is 0.257 e. The lowest BCUT2D eigenvalue weighted by Gasteiger charge is -2.08. The highest BCUT2D eigenvalue weighted by Gasteiger charge is 2.08. The van der Waals surface area contributed by atoms with Crippen LogP contribution in [-0.2, 0) is 6.54 Å². The topological polar surface area (TPSA) is 93.7 Å². The summed E-state index contributed by atoms with van der Waals surface area (Å²) in [6, 6.07) is 5.53. The fraction of sp³-hybridized carbons (Fsp3) is 0.231. The molecule has 108 valence electrons. The lowest BCUT2D eigenvalue weighted by atomic mass is 10.4. The number of aromatic nitrogens is 5. The molecule has 0 unspecified atom stereocenters. The summed E-state index contributed by atoms with van der Waals surface area (Å²) in [6.45, 7) is 3.20. The molecule has 0 amide bonds. The summed E-state index contributed by atoms with van der Waals surface area (Å²) in [4.78, 5) is 13.0. The van der Waals surface area contributed by atoms with Crippen LogP contribution >= 0.6 is 0 Å². The average molecular weight is 285 g/mol. The first-order valence-electron chi connectivity index (χ1n) is 6.61. The van der Waals surface area contributed by atoms with E-state index in [4.69, 9.17) is 4.42 Å². The van der Waals surface area contributed by atoms with Gasteiger partial charge in [0.1, 0.15) is 5.76 Å². The first-order chi connectivity index (χ1) is 10.3. The van der Waals surface area contributed by atoms with Gasteiger partial charge in [0.15, 0.2) is 0 Å². The van der Waals surface area contributed by atoms with E-state index < -0.39 is 0 Å². The van der Waals surface area contributed by atoms with Crippen LogP contribution in [-0.4, -0.2) is 31.3 Å². The van der Waals surface area contributed by atoms with Gasteiger partial charge >= 0.3 is 0 Å². The minimum absolute atomic E-state index is 0.452. The summed E-state index contributed by atoms with van der Waals surface area (Å²) in [6.07, 6.45) is 5.08. The van der Waals surface area contributed by atoms with Gasteiger partial charge in [0.2, 0.25) is 11.9 Å². The molecular formula is C13H15N7O. The Morgan fingerprint density at radius 2 is 2.00 bits per heavy atom. The maximum absolute atomic E-state index is 5.27. The van der Waals surface area contributed by atoms with Crippen molar-refractivity contribution >= 4 is 11.9 Å². The average Bonchev–Trinajstić information content (AvgIpc) is 3.19. The van der Waals surface area contributed by atoms with Crippen LogP contribution < -0.4 is 10.6 Å². The summed E-state index contributed by atoms with van der Waals surface area (Å²) in [5.41, 5.74) is 0. The predicted octanol–water partition coefficient (Wildman–Crippen LogP) is 1.69. The van der Waals surface area contributed by atoms with Gasteiger partial charge in [0, 0.05) is 18.9 Å². The van der Waals surface area contributed by atoms with E-state index in [1.807, 2.05) is 25.1 Å². The van der Waals surface area contributed by atoms with Crippen LogP contribution in [0.3, 0.4) is 0 Å². The second-order valence-electron chi connectivity index (χ2n) is 4.20. The number of anilines is 2. The van der Waals surface area contributed by atoms with Gasteiger partial charge in [-0.1, -0.05) is 0 Å². The van der Waals surface area contributed by atoms with E-state index in [1.165, 1.54) is 0 Å². The largest absolute Gasteiger partial charge is 0.467 e. The van der Waals surface area contributed by atoms with Gasteiger partial charge in [0.05, 0.1) is 12.8 Å². The van der Waals surface area contributed by atoms with Gasteiger partial charge in [-0.15, -0.1) is 0 Å². The molecule has 0 fully saturated rings. The predicted molar refractivity (Wildman–Crippen MR) is 77.1 cm³/mol. The van der Waals surface area contributed by atoms with Crippen molar-refractivity contribution in [2.75, 3.05) is 17.2 Å². The Hall–Kier alpha value is -2.90. The van der Waals surface area contributed by atoms with Crippen molar-refractivity contribution in [2.45, 2.75) is 13.5 Å². The van der Waals surface area contributed by atoms with Gasteiger partial charge in [-0.3, -0.25) is 0 Å². The number of hydrogen-bond donors (Lipinski definition) is 2. The molecule has 0 radical (unpaired) electrons. The highest BCUT2D eigenvalue weighted by molar-refractivity contribution is 5.37. The van der Waals surface area contributed by atoms with Crippen molar-refractivity contribution in [1.82, 2.24) is 24.7 Å². The molecule has 0 atom stereocenters. The molecule has 0 aliphatic carbocycles. The molecule has 0 saturated heterocycles. The standard InChI is InChI=1S/C13H15N7O/c1-2-14-11-17-12(15-9-10-5-3-8-21-10)19-13(18-11)20-7-4-6-16-20/h3-8H,2,9H2,1H3,(H2,14,15,17,18,19). The molecule has 0 bridgehead atoms. The highest BCUT2D eigenvalue weighted by atomic mass is 16.3. The van der Waals surface area contributed by atoms with Crippen molar-refractivity contribution in [3.63, 3.8) is 0 Å². The van der Waals surface area contributed by atoms with Crippen molar-refractivity contribution in [3.05, 3.63) is 42.6 Å². The molecule has 8 nitrogen and oxygen atoms in total. The normalized spacial score (nSPS) is 10.5. The molecule has 3 heterocycles. The first-order valence-corrected chi connectivity index (χ1v) is 6.61. The van der Waals surface area contributed by atoms with E-state index >= 15 is 0 Å². The van der Waals surface area contributed by atoms with Gasteiger partial charge in [0.25, 0.3) is 5.95 Å². The summed E-state index contributed by atoms with van der Waals surface area (Å²) in [7, 11) is 0. The van der Waals surface area contributed by atoms with Crippen LogP contribution in [0.4, 0.5) is 11.9 Å². The molecule has 0 saturated carbocycles. The Bertz CT molecular complexity index is 679. The quantitative estimate of drug-likeness (QED) is 0.711. The number of nitrogens with zero attached hydrogens (tertiary/aromatic N) is 5. The first kappa shape index (κ1) is 13.1. The van der Waals surface area contributed by atoms with E-state index in [0.29, 0.717) is 24.4 Å². The molecule has 0 aliphatic heterocycles. The van der Waals surface area contributed by atoms with E-state index in [1.54, 1.807) is 23.3 Å². The van der Waals surface area contributed by atoms with Crippen molar-refractivity contribution in [3.8, 4) is 5.95 Å². The minimum Gasteiger partial charge on any atom is -0.467 e. The van der Waals surface area contributed by atoms with Crippen molar-refractivity contribution in [1.29, 1.82) is 0 Å². The van der Waals surface area contributed by atoms with Crippen LogP contribution in [0.2, 0.25) is 0 Å². The smallest absolute Gasteiger partial charge is 0.257 e. The number of furan rings is 1. The zero-order valence-corrected chi connectivity index (χ0v) is 11.5. The van der Waals surface area contributed by atoms with Crippen LogP contribution in [0.1, 0.15) is 12.7 Å². The number of hydrogen-bond acceptors (Lipinski definition) is 7. The summed E-state index contributed by atoms with van der Waals surface area (Å²) >= 11 is 0. The van der Waals surface area contributed by atoms with Crippen LogP contribution in [0.5, 0.6) is 0 Å². The number of rotatable bonds is 6. The molecule has 3 aromatic heterocycles. The minimum atomic E-state index is 0.452. The van der Waals surface area contributed by atoms with Gasteiger partial charge in [-0.25, -0.2) is 4.68 Å². The Morgan fingerprint density at radius 1 is 1.14 bits per heavy atom. The molecule has 8 heteroatoms. The Labute approximate surface area is 121 Å². The van der Waals surface area contributed by atoms with Gasteiger partial charge in [-0.05, 0) is 25.1 Å². The lowest BCUT2D eigenvalue weighted by molar-refractivity contribution is 0.517. The third-order valence-electron chi connectivity index (χ3n) is 2.67. The third kappa shape index (κ3) is 3.16. The summed E-state index contributed by atoms with van der Waals surface area (Å²) < 4.78 is 6.85. The Balaban J connectivity index is 1.84. The highest BCUT2D eigenvalue weighted by Crippen LogP contribution is 2.10. The molecule has 2 N–H and O–H groups in total. The van der Waals surface area contributed by atoms with Gasteiger partial charge in [-0.2, -0.15) is 20.1 Å². The SMILES string of the molecule is CCNc1nc(NCc2ccco2)nc(-n2cccn2)n1. The van der Waals surface area contributed by atoms with Crippen LogP contribution in [0.15, 0.2) is 41.3 Å². The number of nitrogens with one attached hydrogen (secondary N) is 2. The third-order valence-corrected chi connectivity index (χ3v) is 2.67. The molecule has 3 aromatic rings. The van der Waals surface area contributed by atoms with E-state index in [9.17, 15) is 0 Å². The maximum atomic E-state index is 5.27. The Morgan fingerprint density at radius 3 is 2.67 bits per heavy atom. The summed E-state index contributed by atoms with van der Waals surface area (Å²) in [5, 5.41) is 10.3. The zero-order chi connectivity index (χ0) is 14.5. The Kier molecular flexibility index (Phi) is 3.77.